The fraction of sp³-hybridized carbons (Fsp3) is 0.182. The molecule has 2 unspecified atom stereocenters. The van der Waals surface area contributed by atoms with Gasteiger partial charge in [0, 0.05) is 0 Å². The van der Waals surface area contributed by atoms with Crippen molar-refractivity contribution in [3.05, 3.63) is 48.6 Å². The highest BCUT2D eigenvalue weighted by Crippen LogP contribution is 2.22. The van der Waals surface area contributed by atoms with Crippen molar-refractivity contribution in [2.24, 2.45) is 5.92 Å². The van der Waals surface area contributed by atoms with Gasteiger partial charge < -0.3 is 10.2 Å². The Bertz CT molecular complexity index is 319. The van der Waals surface area contributed by atoms with Crippen LogP contribution in [0.5, 0.6) is 0 Å². The minimum Gasteiger partial charge on any atom is -0.481 e. The van der Waals surface area contributed by atoms with Gasteiger partial charge in [-0.25, -0.2) is 0 Å². The molecule has 0 saturated carbocycles. The number of aliphatic hydroxyl groups excluding tert-OH is 1. The van der Waals surface area contributed by atoms with Gasteiger partial charge in [-0.3, -0.25) is 4.79 Å². The van der Waals surface area contributed by atoms with Crippen LogP contribution in [0.25, 0.3) is 0 Å². The minimum atomic E-state index is -1.07. The smallest absolute Gasteiger partial charge is 0.313 e. The van der Waals surface area contributed by atoms with Crippen LogP contribution in [-0.4, -0.2) is 16.2 Å². The quantitative estimate of drug-likeness (QED) is 0.712. The monoisotopic (exact) mass is 192 g/mol. The Kier molecular flexibility index (Phi) is 3.42. The molecule has 0 spiro atoms. The number of rotatable bonds is 4. The third kappa shape index (κ3) is 2.20. The summed E-state index contributed by atoms with van der Waals surface area (Å²) in [5, 5.41) is 18.5. The summed E-state index contributed by atoms with van der Waals surface area (Å²) in [4.78, 5) is 10.7. The lowest BCUT2D eigenvalue weighted by Crippen LogP contribution is -2.19. The van der Waals surface area contributed by atoms with E-state index in [1.54, 1.807) is 30.3 Å². The van der Waals surface area contributed by atoms with Crippen LogP contribution in [0.4, 0.5) is 0 Å². The number of benzene rings is 1. The summed E-state index contributed by atoms with van der Waals surface area (Å²) in [5.41, 5.74) is 0.583. The molecule has 0 radical (unpaired) electrons. The van der Waals surface area contributed by atoms with E-state index in [1.807, 2.05) is 0 Å². The van der Waals surface area contributed by atoms with Crippen LogP contribution in [0.2, 0.25) is 0 Å². The number of hydrogen-bond acceptors (Lipinski definition) is 2. The summed E-state index contributed by atoms with van der Waals surface area (Å²) in [6.45, 7) is 3.39. The van der Waals surface area contributed by atoms with E-state index < -0.39 is 18.0 Å². The molecule has 74 valence electrons. The highest BCUT2D eigenvalue weighted by molar-refractivity contribution is 5.73. The zero-order valence-corrected chi connectivity index (χ0v) is 7.63. The molecule has 1 aromatic carbocycles. The molecule has 1 rings (SSSR count). The topological polar surface area (TPSA) is 57.5 Å². The number of carboxylic acid groups (broad SMARTS) is 1. The number of carbonyl (C=O) groups is 1. The van der Waals surface area contributed by atoms with Crippen molar-refractivity contribution in [1.29, 1.82) is 0 Å². The van der Waals surface area contributed by atoms with Crippen molar-refractivity contribution < 1.29 is 15.0 Å². The summed E-state index contributed by atoms with van der Waals surface area (Å²) >= 11 is 0. The molecule has 2 atom stereocenters. The van der Waals surface area contributed by atoms with E-state index in [-0.39, 0.29) is 0 Å². The second-order valence-electron chi connectivity index (χ2n) is 2.96. The first kappa shape index (κ1) is 10.5. The third-order valence-electron chi connectivity index (χ3n) is 2.02. The Labute approximate surface area is 82.3 Å². The second-order valence-corrected chi connectivity index (χ2v) is 2.96. The van der Waals surface area contributed by atoms with Gasteiger partial charge in [-0.15, -0.1) is 6.58 Å². The molecule has 14 heavy (non-hydrogen) atoms. The van der Waals surface area contributed by atoms with Crippen LogP contribution in [0.15, 0.2) is 43.0 Å². The molecule has 0 aliphatic heterocycles. The molecule has 0 aliphatic rings. The van der Waals surface area contributed by atoms with Crippen molar-refractivity contribution in [3.63, 3.8) is 0 Å². The summed E-state index contributed by atoms with van der Waals surface area (Å²) in [6.07, 6.45) is 0.200. The molecule has 0 heterocycles. The Balaban J connectivity index is 2.88. The van der Waals surface area contributed by atoms with Gasteiger partial charge in [0.1, 0.15) is 5.92 Å². The van der Waals surface area contributed by atoms with E-state index in [9.17, 15) is 9.90 Å². The molecule has 3 nitrogen and oxygen atoms in total. The molecule has 0 aromatic heterocycles. The minimum absolute atomic E-state index is 0.583. The molecular formula is C11H12O3. The largest absolute Gasteiger partial charge is 0.481 e. The molecule has 0 aliphatic carbocycles. The van der Waals surface area contributed by atoms with Crippen LogP contribution in [0.1, 0.15) is 11.7 Å². The predicted molar refractivity (Wildman–Crippen MR) is 52.7 cm³/mol. The predicted octanol–water partition coefficient (Wildman–Crippen LogP) is 1.61. The average molecular weight is 192 g/mol. The van der Waals surface area contributed by atoms with E-state index in [0.29, 0.717) is 5.56 Å². The van der Waals surface area contributed by atoms with Crippen LogP contribution in [-0.2, 0) is 4.79 Å². The van der Waals surface area contributed by atoms with Crippen LogP contribution >= 0.6 is 0 Å². The van der Waals surface area contributed by atoms with Gasteiger partial charge in [-0.2, -0.15) is 0 Å². The maximum Gasteiger partial charge on any atom is 0.313 e. The molecule has 3 heteroatoms. The zero-order valence-electron chi connectivity index (χ0n) is 7.63. The Morgan fingerprint density at radius 2 is 1.93 bits per heavy atom. The lowest BCUT2D eigenvalue weighted by molar-refractivity contribution is -0.143. The van der Waals surface area contributed by atoms with Crippen LogP contribution < -0.4 is 0 Å². The van der Waals surface area contributed by atoms with Crippen molar-refractivity contribution >= 4 is 5.97 Å². The van der Waals surface area contributed by atoms with E-state index >= 15 is 0 Å². The summed E-state index contributed by atoms with van der Waals surface area (Å²) in [5.74, 6) is -2.03. The summed E-state index contributed by atoms with van der Waals surface area (Å²) < 4.78 is 0. The van der Waals surface area contributed by atoms with E-state index in [1.165, 1.54) is 6.08 Å². The van der Waals surface area contributed by atoms with E-state index in [4.69, 9.17) is 5.11 Å². The fourth-order valence-electron chi connectivity index (χ4n) is 1.22. The third-order valence-corrected chi connectivity index (χ3v) is 2.02. The normalized spacial score (nSPS) is 14.4. The summed E-state index contributed by atoms with van der Waals surface area (Å²) in [6, 6.07) is 8.68. The summed E-state index contributed by atoms with van der Waals surface area (Å²) in [7, 11) is 0. The first-order valence-corrected chi connectivity index (χ1v) is 4.25. The van der Waals surface area contributed by atoms with Gasteiger partial charge in [-0.1, -0.05) is 36.4 Å². The molecule has 0 fully saturated rings. The fourth-order valence-corrected chi connectivity index (χ4v) is 1.22. The van der Waals surface area contributed by atoms with Gasteiger partial charge in [-0.05, 0) is 5.56 Å². The van der Waals surface area contributed by atoms with Crippen molar-refractivity contribution in [3.8, 4) is 0 Å². The van der Waals surface area contributed by atoms with Crippen LogP contribution in [0, 0.1) is 5.92 Å². The first-order valence-electron chi connectivity index (χ1n) is 4.25. The number of aliphatic hydroxyl groups is 1. The Morgan fingerprint density at radius 3 is 2.36 bits per heavy atom. The van der Waals surface area contributed by atoms with Crippen LogP contribution in [0.3, 0.4) is 0 Å². The molecule has 0 amide bonds. The van der Waals surface area contributed by atoms with Gasteiger partial charge in [0.15, 0.2) is 0 Å². The average Bonchev–Trinajstić information content (AvgIpc) is 2.19. The van der Waals surface area contributed by atoms with Gasteiger partial charge in [0.2, 0.25) is 0 Å². The molecule has 2 N–H and O–H groups in total. The van der Waals surface area contributed by atoms with Gasteiger partial charge in [0.25, 0.3) is 0 Å². The standard InChI is InChI=1S/C11H12O3/c1-2-9(11(13)14)10(12)8-6-4-3-5-7-8/h2-7,9-10,12H,1H2,(H,13,14). The Hall–Kier alpha value is -1.61. The highest BCUT2D eigenvalue weighted by Gasteiger charge is 2.24. The molecule has 0 bridgehead atoms. The highest BCUT2D eigenvalue weighted by atomic mass is 16.4. The number of aliphatic carboxylic acids is 1. The SMILES string of the molecule is C=CC(C(=O)O)C(O)c1ccccc1. The molecule has 1 aromatic rings. The van der Waals surface area contributed by atoms with E-state index in [0.717, 1.165) is 0 Å². The van der Waals surface area contributed by atoms with Crippen molar-refractivity contribution in [2.45, 2.75) is 6.10 Å². The van der Waals surface area contributed by atoms with Crippen molar-refractivity contribution in [2.75, 3.05) is 0 Å². The zero-order chi connectivity index (χ0) is 10.6. The Morgan fingerprint density at radius 1 is 1.36 bits per heavy atom. The lowest BCUT2D eigenvalue weighted by atomic mass is 9.96. The molecular weight excluding hydrogens is 180 g/mol. The number of hydrogen-bond donors (Lipinski definition) is 2. The van der Waals surface area contributed by atoms with Crippen molar-refractivity contribution in [1.82, 2.24) is 0 Å². The number of carboxylic acids is 1. The lowest BCUT2D eigenvalue weighted by Gasteiger charge is -2.15. The maximum absolute atomic E-state index is 10.7. The maximum atomic E-state index is 10.7. The first-order chi connectivity index (χ1) is 6.66. The van der Waals surface area contributed by atoms with E-state index in [2.05, 4.69) is 6.58 Å². The second kappa shape index (κ2) is 4.58. The van der Waals surface area contributed by atoms with Gasteiger partial charge in [0.05, 0.1) is 6.10 Å². The van der Waals surface area contributed by atoms with Gasteiger partial charge >= 0.3 is 5.97 Å². The molecule has 0 saturated heterocycles.